The number of methoxy groups -OCH3 is 1. The number of esters is 1. The molecule has 2 aromatic heterocycles. The van der Waals surface area contributed by atoms with E-state index >= 15 is 0 Å². The highest BCUT2D eigenvalue weighted by Gasteiger charge is 2.42. The van der Waals surface area contributed by atoms with E-state index in [1.54, 1.807) is 30.5 Å². The quantitative estimate of drug-likeness (QED) is 0.310. The molecule has 2 aromatic carbocycles. The smallest absolute Gasteiger partial charge is 0.337 e. The molecule has 1 aliphatic heterocycles. The number of furan rings is 1. The first-order valence-electron chi connectivity index (χ1n) is 10.6. The molecule has 0 spiro atoms. The van der Waals surface area contributed by atoms with Crippen LogP contribution in [-0.2, 0) is 4.74 Å². The van der Waals surface area contributed by atoms with Crippen molar-refractivity contribution in [2.75, 3.05) is 12.0 Å². The number of benzene rings is 2. The molecule has 0 aliphatic carbocycles. The number of carbonyl (C=O) groups excluding carboxylic acids is 1. The van der Waals surface area contributed by atoms with Gasteiger partial charge in [0.05, 0.1) is 24.4 Å². The van der Waals surface area contributed by atoms with Gasteiger partial charge in [0.25, 0.3) is 0 Å². The normalized spacial score (nSPS) is 17.4. The molecule has 1 saturated heterocycles. The number of thiocarbonyl (C=S) groups is 1. The van der Waals surface area contributed by atoms with E-state index < -0.39 is 0 Å². The summed E-state index contributed by atoms with van der Waals surface area (Å²) in [5.41, 5.74) is 2.95. The average molecular weight is 472 g/mol. The molecule has 0 amide bonds. The average Bonchev–Trinajstić information content (AvgIpc) is 3.49. The van der Waals surface area contributed by atoms with Crippen LogP contribution in [-0.4, -0.2) is 28.3 Å². The highest BCUT2D eigenvalue weighted by atomic mass is 32.1. The van der Waals surface area contributed by atoms with Crippen molar-refractivity contribution in [2.24, 2.45) is 0 Å². The van der Waals surface area contributed by atoms with E-state index in [1.165, 1.54) is 7.11 Å². The molecule has 170 valence electrons. The Morgan fingerprint density at radius 3 is 2.50 bits per heavy atom. The first-order valence-corrected chi connectivity index (χ1v) is 11.0. The maximum atomic E-state index is 11.7. The van der Waals surface area contributed by atoms with Gasteiger partial charge in [0.15, 0.2) is 5.11 Å². The van der Waals surface area contributed by atoms with Gasteiger partial charge in [-0.1, -0.05) is 18.2 Å². The molecule has 7 nitrogen and oxygen atoms in total. The van der Waals surface area contributed by atoms with Crippen LogP contribution < -0.4 is 10.2 Å². The minimum absolute atomic E-state index is 0.176. The van der Waals surface area contributed by atoms with Gasteiger partial charge in [-0.15, -0.1) is 0 Å². The third-order valence-electron chi connectivity index (χ3n) is 5.73. The number of aromatic hydroxyl groups is 1. The second-order valence-electron chi connectivity index (χ2n) is 7.78. The van der Waals surface area contributed by atoms with Gasteiger partial charge in [-0.05, 0) is 72.9 Å². The van der Waals surface area contributed by atoms with Gasteiger partial charge in [-0.3, -0.25) is 4.98 Å². The fourth-order valence-electron chi connectivity index (χ4n) is 4.09. The van der Waals surface area contributed by atoms with E-state index in [4.69, 9.17) is 21.4 Å². The molecule has 34 heavy (non-hydrogen) atoms. The first kappa shape index (κ1) is 21.7. The van der Waals surface area contributed by atoms with E-state index in [-0.39, 0.29) is 23.8 Å². The lowest BCUT2D eigenvalue weighted by molar-refractivity contribution is 0.0600. The zero-order valence-corrected chi connectivity index (χ0v) is 19.0. The number of phenolic OH excluding ortho intramolecular Hbond substituents is 1. The van der Waals surface area contributed by atoms with Gasteiger partial charge >= 0.3 is 5.97 Å². The Morgan fingerprint density at radius 2 is 1.82 bits per heavy atom. The fourth-order valence-corrected chi connectivity index (χ4v) is 4.44. The number of nitrogens with one attached hydrogen (secondary N) is 1. The van der Waals surface area contributed by atoms with E-state index in [0.717, 1.165) is 16.9 Å². The van der Waals surface area contributed by atoms with Crippen molar-refractivity contribution in [3.63, 3.8) is 0 Å². The number of rotatable bonds is 5. The summed E-state index contributed by atoms with van der Waals surface area (Å²) in [5, 5.41) is 13.7. The topological polar surface area (TPSA) is 87.8 Å². The van der Waals surface area contributed by atoms with Crippen molar-refractivity contribution in [1.82, 2.24) is 10.3 Å². The Morgan fingerprint density at radius 1 is 1.06 bits per heavy atom. The predicted octanol–water partition coefficient (Wildman–Crippen LogP) is 5.01. The van der Waals surface area contributed by atoms with Gasteiger partial charge in [-0.2, -0.15) is 0 Å². The first-order chi connectivity index (χ1) is 16.5. The standard InChI is InChI=1S/C26H21N3O4S/c1-32-25(31)17-7-5-16(6-8-17)21-13-14-22(33-21)24-23(20-4-2-3-15-27-20)28-26(34)29(24)18-9-11-19(30)12-10-18/h2-15,23-24,30H,1H3,(H,28,34)/t23-,24-/m1/s1. The van der Waals surface area contributed by atoms with Crippen molar-refractivity contribution in [3.05, 3.63) is 102 Å². The molecule has 0 unspecified atom stereocenters. The van der Waals surface area contributed by atoms with Crippen LogP contribution in [0.5, 0.6) is 5.75 Å². The number of ether oxygens (including phenoxy) is 1. The molecule has 2 N–H and O–H groups in total. The third-order valence-corrected chi connectivity index (χ3v) is 6.05. The highest BCUT2D eigenvalue weighted by molar-refractivity contribution is 7.80. The molecule has 0 radical (unpaired) electrons. The third kappa shape index (κ3) is 3.99. The minimum Gasteiger partial charge on any atom is -0.508 e. The summed E-state index contributed by atoms with van der Waals surface area (Å²) in [6.45, 7) is 0. The monoisotopic (exact) mass is 471 g/mol. The number of carbonyl (C=O) groups is 1. The zero-order valence-electron chi connectivity index (χ0n) is 18.2. The lowest BCUT2D eigenvalue weighted by Gasteiger charge is -2.26. The molecular weight excluding hydrogens is 450 g/mol. The Bertz CT molecular complexity index is 1320. The highest BCUT2D eigenvalue weighted by Crippen LogP contribution is 2.43. The van der Waals surface area contributed by atoms with Crippen LogP contribution in [0, 0.1) is 0 Å². The second-order valence-corrected chi connectivity index (χ2v) is 8.17. The van der Waals surface area contributed by atoms with Gasteiger partial charge < -0.3 is 24.5 Å². The number of phenols is 1. The van der Waals surface area contributed by atoms with E-state index in [0.29, 0.717) is 22.2 Å². The largest absolute Gasteiger partial charge is 0.508 e. The van der Waals surface area contributed by atoms with Crippen molar-refractivity contribution in [3.8, 4) is 17.1 Å². The Hall–Kier alpha value is -4.17. The molecule has 5 rings (SSSR count). The lowest BCUT2D eigenvalue weighted by atomic mass is 10.0. The van der Waals surface area contributed by atoms with Crippen LogP contribution in [0.4, 0.5) is 5.69 Å². The van der Waals surface area contributed by atoms with Crippen LogP contribution in [0.25, 0.3) is 11.3 Å². The van der Waals surface area contributed by atoms with Gasteiger partial charge in [-0.25, -0.2) is 4.79 Å². The maximum Gasteiger partial charge on any atom is 0.337 e. The molecule has 4 aromatic rings. The van der Waals surface area contributed by atoms with Gasteiger partial charge in [0.2, 0.25) is 0 Å². The SMILES string of the molecule is COC(=O)c1ccc(-c2ccc([C@@H]3[C@@H](c4ccccn4)NC(=S)N3c3ccc(O)cc3)o2)cc1. The summed E-state index contributed by atoms with van der Waals surface area (Å²) in [5.74, 6) is 1.15. The summed E-state index contributed by atoms with van der Waals surface area (Å²) < 4.78 is 11.1. The summed E-state index contributed by atoms with van der Waals surface area (Å²) in [4.78, 5) is 18.2. The lowest BCUT2D eigenvalue weighted by Crippen LogP contribution is -2.29. The zero-order chi connectivity index (χ0) is 23.7. The van der Waals surface area contributed by atoms with E-state index in [2.05, 4.69) is 10.3 Å². The molecule has 1 aliphatic rings. The Labute approximate surface area is 201 Å². The molecule has 0 saturated carbocycles. The minimum atomic E-state index is -0.389. The summed E-state index contributed by atoms with van der Waals surface area (Å²) in [7, 11) is 1.35. The Kier molecular flexibility index (Phi) is 5.73. The molecule has 2 atom stereocenters. The summed E-state index contributed by atoms with van der Waals surface area (Å²) in [6, 6.07) is 22.9. The molecule has 0 bridgehead atoms. The second kappa shape index (κ2) is 8.99. The van der Waals surface area contributed by atoms with Crippen molar-refractivity contribution >= 4 is 29.0 Å². The van der Waals surface area contributed by atoms with Crippen LogP contribution in [0.3, 0.4) is 0 Å². The number of aromatic nitrogens is 1. The van der Waals surface area contributed by atoms with E-state index in [9.17, 15) is 9.90 Å². The van der Waals surface area contributed by atoms with Gasteiger partial charge in [0, 0.05) is 17.4 Å². The molecule has 8 heteroatoms. The summed E-state index contributed by atoms with van der Waals surface area (Å²) in [6.07, 6.45) is 1.75. The van der Waals surface area contributed by atoms with Crippen LogP contribution in [0.2, 0.25) is 0 Å². The predicted molar refractivity (Wildman–Crippen MR) is 132 cm³/mol. The molecule has 1 fully saturated rings. The Balaban J connectivity index is 1.54. The molecule has 3 heterocycles. The number of pyridine rings is 1. The summed E-state index contributed by atoms with van der Waals surface area (Å²) >= 11 is 5.70. The van der Waals surface area contributed by atoms with Crippen LogP contribution in [0.1, 0.15) is 33.9 Å². The fraction of sp³-hybridized carbons (Fsp3) is 0.115. The number of nitrogens with zero attached hydrogens (tertiary/aromatic N) is 2. The van der Waals surface area contributed by atoms with Crippen molar-refractivity contribution in [1.29, 1.82) is 0 Å². The van der Waals surface area contributed by atoms with Crippen LogP contribution >= 0.6 is 12.2 Å². The number of hydrogen-bond donors (Lipinski definition) is 2. The van der Waals surface area contributed by atoms with Gasteiger partial charge in [0.1, 0.15) is 23.3 Å². The number of anilines is 1. The maximum absolute atomic E-state index is 11.7. The molecular formula is C26H21N3O4S. The van der Waals surface area contributed by atoms with Crippen molar-refractivity contribution in [2.45, 2.75) is 12.1 Å². The number of hydrogen-bond acceptors (Lipinski definition) is 6. The van der Waals surface area contributed by atoms with Crippen LogP contribution in [0.15, 0.2) is 89.5 Å². The van der Waals surface area contributed by atoms with E-state index in [1.807, 2.05) is 59.5 Å². The van der Waals surface area contributed by atoms with Crippen molar-refractivity contribution < 1.29 is 19.1 Å².